The number of benzene rings is 2. The molecule has 2 aromatic carbocycles. The van der Waals surface area contributed by atoms with Crippen molar-refractivity contribution < 1.29 is 18.0 Å². The topological polar surface area (TPSA) is 86.8 Å². The van der Waals surface area contributed by atoms with Gasteiger partial charge in [0.1, 0.15) is 6.04 Å². The van der Waals surface area contributed by atoms with Crippen LogP contribution in [0.5, 0.6) is 0 Å². The molecule has 35 heavy (non-hydrogen) atoms. The van der Waals surface area contributed by atoms with Crippen molar-refractivity contribution in [1.29, 1.82) is 0 Å². The molecule has 192 valence electrons. The summed E-state index contributed by atoms with van der Waals surface area (Å²) in [4.78, 5) is 28.1. The third kappa shape index (κ3) is 8.47. The number of carbonyl (C=O) groups is 2. The largest absolute Gasteiger partial charge is 0.354 e. The quantitative estimate of drug-likeness (QED) is 0.395. The number of sulfonamides is 1. The van der Waals surface area contributed by atoms with Crippen LogP contribution in [0, 0.1) is 6.92 Å². The van der Waals surface area contributed by atoms with Crippen LogP contribution in [0.1, 0.15) is 57.1 Å². The van der Waals surface area contributed by atoms with E-state index in [4.69, 9.17) is 0 Å². The minimum Gasteiger partial charge on any atom is -0.354 e. The predicted molar refractivity (Wildman–Crippen MR) is 139 cm³/mol. The lowest BCUT2D eigenvalue weighted by Gasteiger charge is -2.31. The molecule has 0 saturated heterocycles. The van der Waals surface area contributed by atoms with Crippen molar-refractivity contribution in [2.24, 2.45) is 0 Å². The molecule has 1 N–H and O–H groups in total. The molecular formula is C27H39N3O4S. The van der Waals surface area contributed by atoms with Crippen molar-refractivity contribution in [3.05, 3.63) is 65.7 Å². The highest BCUT2D eigenvalue weighted by Gasteiger charge is 2.28. The molecule has 2 amide bonds. The average molecular weight is 502 g/mol. The summed E-state index contributed by atoms with van der Waals surface area (Å²) < 4.78 is 26.8. The second kappa shape index (κ2) is 14.0. The molecule has 0 radical (unpaired) electrons. The Balaban J connectivity index is 2.10. The molecule has 0 heterocycles. The second-order valence-corrected chi connectivity index (χ2v) is 10.9. The van der Waals surface area contributed by atoms with Gasteiger partial charge < -0.3 is 10.2 Å². The second-order valence-electron chi connectivity index (χ2n) is 8.82. The van der Waals surface area contributed by atoms with Gasteiger partial charge in [-0.05, 0) is 43.9 Å². The lowest BCUT2D eigenvalue weighted by atomic mass is 10.1. The van der Waals surface area contributed by atoms with Gasteiger partial charge >= 0.3 is 0 Å². The Kier molecular flexibility index (Phi) is 11.4. The molecule has 8 heteroatoms. The van der Waals surface area contributed by atoms with Crippen molar-refractivity contribution >= 4 is 21.8 Å². The number of hydrogen-bond donors (Lipinski definition) is 1. The zero-order valence-electron chi connectivity index (χ0n) is 21.4. The number of unbranched alkanes of at least 4 members (excludes halogenated alkanes) is 1. The number of rotatable bonds is 14. The maximum absolute atomic E-state index is 13.3. The number of nitrogens with zero attached hydrogens (tertiary/aromatic N) is 2. The third-order valence-corrected chi connectivity index (χ3v) is 7.88. The average Bonchev–Trinajstić information content (AvgIpc) is 2.85. The molecule has 0 aliphatic heterocycles. The summed E-state index contributed by atoms with van der Waals surface area (Å²) in [5.74, 6) is -0.307. The lowest BCUT2D eigenvalue weighted by Crippen LogP contribution is -2.49. The fourth-order valence-electron chi connectivity index (χ4n) is 3.81. The molecule has 0 aliphatic carbocycles. The van der Waals surface area contributed by atoms with Crippen LogP contribution in [0.2, 0.25) is 0 Å². The summed E-state index contributed by atoms with van der Waals surface area (Å²) in [5.41, 5.74) is 2.08. The van der Waals surface area contributed by atoms with E-state index in [1.54, 1.807) is 35.2 Å². The summed E-state index contributed by atoms with van der Waals surface area (Å²) in [5, 5.41) is 2.96. The maximum atomic E-state index is 13.3. The van der Waals surface area contributed by atoms with Crippen molar-refractivity contribution in [2.75, 3.05) is 20.1 Å². The summed E-state index contributed by atoms with van der Waals surface area (Å²) in [7, 11) is -2.09. The van der Waals surface area contributed by atoms with Gasteiger partial charge in [0.05, 0.1) is 4.90 Å². The van der Waals surface area contributed by atoms with E-state index in [2.05, 4.69) is 12.2 Å². The molecule has 0 saturated carbocycles. The van der Waals surface area contributed by atoms with Gasteiger partial charge in [0.15, 0.2) is 0 Å². The molecule has 7 nitrogen and oxygen atoms in total. The van der Waals surface area contributed by atoms with E-state index in [1.807, 2.05) is 38.1 Å². The van der Waals surface area contributed by atoms with Gasteiger partial charge in [-0.3, -0.25) is 9.59 Å². The van der Waals surface area contributed by atoms with E-state index in [0.29, 0.717) is 25.9 Å². The Morgan fingerprint density at radius 1 is 0.971 bits per heavy atom. The van der Waals surface area contributed by atoms with Gasteiger partial charge in [0, 0.05) is 33.1 Å². The van der Waals surface area contributed by atoms with E-state index < -0.39 is 16.1 Å². The van der Waals surface area contributed by atoms with Crippen LogP contribution >= 0.6 is 0 Å². The van der Waals surface area contributed by atoms with Crippen molar-refractivity contribution in [3.63, 3.8) is 0 Å². The van der Waals surface area contributed by atoms with Crippen LogP contribution in [0.15, 0.2) is 59.5 Å². The Morgan fingerprint density at radius 2 is 1.63 bits per heavy atom. The Hall–Kier alpha value is -2.71. The minimum absolute atomic E-state index is 0.148. The molecule has 0 unspecified atom stereocenters. The first-order valence-electron chi connectivity index (χ1n) is 12.3. The number of nitrogens with one attached hydrogen (secondary N) is 1. The molecule has 2 aromatic rings. The molecule has 0 aromatic heterocycles. The van der Waals surface area contributed by atoms with Crippen LogP contribution in [-0.4, -0.2) is 55.6 Å². The monoisotopic (exact) mass is 501 g/mol. The lowest BCUT2D eigenvalue weighted by molar-refractivity contribution is -0.141. The van der Waals surface area contributed by atoms with Gasteiger partial charge in [-0.25, -0.2) is 12.7 Å². The van der Waals surface area contributed by atoms with Crippen LogP contribution in [0.4, 0.5) is 0 Å². The summed E-state index contributed by atoms with van der Waals surface area (Å²) in [6.07, 6.45) is 2.87. The van der Waals surface area contributed by atoms with E-state index >= 15 is 0 Å². The molecular weight excluding hydrogens is 462 g/mol. The molecule has 0 bridgehead atoms. The molecule has 0 aliphatic rings. The predicted octanol–water partition coefficient (Wildman–Crippen LogP) is 4.12. The molecule has 0 spiro atoms. The smallest absolute Gasteiger partial charge is 0.242 e. The highest BCUT2D eigenvalue weighted by atomic mass is 32.2. The first-order valence-corrected chi connectivity index (χ1v) is 13.8. The Morgan fingerprint density at radius 3 is 2.23 bits per heavy atom. The van der Waals surface area contributed by atoms with E-state index in [-0.39, 0.29) is 29.7 Å². The standard InChI is InChI=1S/C27H39N3O4S/c1-5-7-19-28-27(32)25(6-2)30(21-23-17-15-22(3)16-18-23)26(31)14-11-20-29(4)35(33,34)24-12-9-8-10-13-24/h8-10,12-13,15-18,25H,5-7,11,14,19-21H2,1-4H3,(H,28,32)/t25-/m0/s1. The summed E-state index contributed by atoms with van der Waals surface area (Å²) in [6.45, 7) is 7.09. The van der Waals surface area contributed by atoms with Gasteiger partial charge in [0.25, 0.3) is 0 Å². The van der Waals surface area contributed by atoms with Gasteiger partial charge in [-0.1, -0.05) is 68.3 Å². The van der Waals surface area contributed by atoms with Crippen LogP contribution in [-0.2, 0) is 26.2 Å². The van der Waals surface area contributed by atoms with Crippen molar-refractivity contribution in [2.45, 2.75) is 70.4 Å². The summed E-state index contributed by atoms with van der Waals surface area (Å²) >= 11 is 0. The Bertz CT molecular complexity index is 1040. The number of aryl methyl sites for hydroxylation is 1. The van der Waals surface area contributed by atoms with Crippen molar-refractivity contribution in [1.82, 2.24) is 14.5 Å². The van der Waals surface area contributed by atoms with Crippen LogP contribution in [0.25, 0.3) is 0 Å². The Labute approximate surface area is 210 Å². The van der Waals surface area contributed by atoms with Crippen molar-refractivity contribution in [3.8, 4) is 0 Å². The molecule has 1 atom stereocenters. The maximum Gasteiger partial charge on any atom is 0.242 e. The van der Waals surface area contributed by atoms with E-state index in [0.717, 1.165) is 24.0 Å². The zero-order chi connectivity index (χ0) is 25.8. The van der Waals surface area contributed by atoms with E-state index in [1.165, 1.54) is 11.4 Å². The van der Waals surface area contributed by atoms with Gasteiger partial charge in [-0.2, -0.15) is 0 Å². The molecule has 2 rings (SSSR count). The van der Waals surface area contributed by atoms with Gasteiger partial charge in [0.2, 0.25) is 21.8 Å². The highest BCUT2D eigenvalue weighted by Crippen LogP contribution is 2.17. The molecule has 0 fully saturated rings. The SMILES string of the molecule is CCCCNC(=O)[C@H](CC)N(Cc1ccc(C)cc1)C(=O)CCCN(C)S(=O)(=O)c1ccccc1. The first kappa shape index (κ1) is 28.5. The summed E-state index contributed by atoms with van der Waals surface area (Å²) in [6, 6.07) is 15.6. The fraction of sp³-hybridized carbons (Fsp3) is 0.481. The van der Waals surface area contributed by atoms with Crippen LogP contribution < -0.4 is 5.32 Å². The fourth-order valence-corrected chi connectivity index (χ4v) is 5.04. The highest BCUT2D eigenvalue weighted by molar-refractivity contribution is 7.89. The third-order valence-electron chi connectivity index (χ3n) is 6.00. The number of amides is 2. The normalized spacial score (nSPS) is 12.4. The number of carbonyl (C=O) groups excluding carboxylic acids is 2. The van der Waals surface area contributed by atoms with Crippen LogP contribution in [0.3, 0.4) is 0 Å². The minimum atomic E-state index is -3.61. The number of hydrogen-bond acceptors (Lipinski definition) is 4. The van der Waals surface area contributed by atoms with E-state index in [9.17, 15) is 18.0 Å². The zero-order valence-corrected chi connectivity index (χ0v) is 22.2. The van der Waals surface area contributed by atoms with Gasteiger partial charge in [-0.15, -0.1) is 0 Å². The first-order chi connectivity index (χ1) is 16.7.